The predicted molar refractivity (Wildman–Crippen MR) is 60.2 cm³/mol. The highest BCUT2D eigenvalue weighted by Crippen LogP contribution is 2.28. The van der Waals surface area contributed by atoms with Crippen molar-refractivity contribution < 1.29 is 22.3 Å². The summed E-state index contributed by atoms with van der Waals surface area (Å²) in [4.78, 5) is -0.757. The first kappa shape index (κ1) is 13.4. The maximum Gasteiger partial charge on any atom is 0.243 e. The Morgan fingerprint density at radius 3 is 2.56 bits per heavy atom. The Labute approximate surface area is 104 Å². The third-order valence-corrected chi connectivity index (χ3v) is 4.21. The molecule has 1 aliphatic rings. The minimum Gasteiger partial charge on any atom is -0.392 e. The SMILES string of the molecule is O=S(=O)(NCC1CC1)c1cc(CO)cc(F)c1F. The minimum atomic E-state index is -4.08. The van der Waals surface area contributed by atoms with E-state index in [1.807, 2.05) is 0 Å². The van der Waals surface area contributed by atoms with Crippen molar-refractivity contribution in [2.75, 3.05) is 6.54 Å². The van der Waals surface area contributed by atoms with Crippen LogP contribution in [0.15, 0.2) is 17.0 Å². The monoisotopic (exact) mass is 277 g/mol. The van der Waals surface area contributed by atoms with Crippen LogP contribution in [-0.4, -0.2) is 20.1 Å². The van der Waals surface area contributed by atoms with E-state index in [0.717, 1.165) is 25.0 Å². The topological polar surface area (TPSA) is 66.4 Å². The van der Waals surface area contributed by atoms with E-state index in [0.29, 0.717) is 0 Å². The van der Waals surface area contributed by atoms with Gasteiger partial charge in [0.1, 0.15) is 4.90 Å². The number of halogens is 2. The van der Waals surface area contributed by atoms with Crippen LogP contribution in [0, 0.1) is 17.6 Å². The van der Waals surface area contributed by atoms with E-state index in [1.54, 1.807) is 0 Å². The van der Waals surface area contributed by atoms with E-state index in [4.69, 9.17) is 5.11 Å². The molecule has 2 N–H and O–H groups in total. The van der Waals surface area contributed by atoms with Crippen LogP contribution in [0.3, 0.4) is 0 Å². The lowest BCUT2D eigenvalue weighted by Gasteiger charge is -2.09. The number of benzene rings is 1. The van der Waals surface area contributed by atoms with Crippen LogP contribution >= 0.6 is 0 Å². The number of hydrogen-bond acceptors (Lipinski definition) is 3. The largest absolute Gasteiger partial charge is 0.392 e. The second kappa shape index (κ2) is 4.91. The Balaban J connectivity index is 2.32. The first-order valence-corrected chi connectivity index (χ1v) is 7.01. The molecule has 100 valence electrons. The molecular formula is C11H13F2NO3S. The van der Waals surface area contributed by atoms with Crippen LogP contribution in [0.2, 0.25) is 0 Å². The van der Waals surface area contributed by atoms with Crippen LogP contribution in [-0.2, 0) is 16.6 Å². The van der Waals surface area contributed by atoms with Gasteiger partial charge in [-0.1, -0.05) is 0 Å². The van der Waals surface area contributed by atoms with Crippen LogP contribution < -0.4 is 4.72 Å². The molecule has 0 atom stereocenters. The van der Waals surface area contributed by atoms with Gasteiger partial charge in [0, 0.05) is 6.54 Å². The molecule has 0 amide bonds. The molecule has 0 heterocycles. The highest BCUT2D eigenvalue weighted by molar-refractivity contribution is 7.89. The molecule has 0 aromatic heterocycles. The summed E-state index contributed by atoms with van der Waals surface area (Å²) in [5.41, 5.74) is 0.0145. The van der Waals surface area contributed by atoms with Crippen LogP contribution in [0.25, 0.3) is 0 Å². The van der Waals surface area contributed by atoms with Crippen LogP contribution in [0.4, 0.5) is 8.78 Å². The molecule has 1 fully saturated rings. The lowest BCUT2D eigenvalue weighted by molar-refractivity contribution is 0.280. The third kappa shape index (κ3) is 2.85. The molecular weight excluding hydrogens is 264 g/mol. The van der Waals surface area contributed by atoms with Gasteiger partial charge in [0.2, 0.25) is 10.0 Å². The van der Waals surface area contributed by atoms with Crippen molar-refractivity contribution in [2.45, 2.75) is 24.3 Å². The number of sulfonamides is 1. The molecule has 1 saturated carbocycles. The summed E-state index contributed by atoms with van der Waals surface area (Å²) >= 11 is 0. The van der Waals surface area contributed by atoms with Crippen molar-refractivity contribution in [3.63, 3.8) is 0 Å². The molecule has 1 aromatic rings. The number of rotatable bonds is 5. The minimum absolute atomic E-state index is 0.0145. The highest BCUT2D eigenvalue weighted by atomic mass is 32.2. The van der Waals surface area contributed by atoms with E-state index < -0.39 is 33.2 Å². The molecule has 0 unspecified atom stereocenters. The van der Waals surface area contributed by atoms with Crippen LogP contribution in [0.5, 0.6) is 0 Å². The Morgan fingerprint density at radius 2 is 2.00 bits per heavy atom. The summed E-state index contributed by atoms with van der Waals surface area (Å²) in [7, 11) is -4.08. The molecule has 0 spiro atoms. The second-order valence-corrected chi connectivity index (χ2v) is 6.08. The molecule has 0 aliphatic heterocycles. The molecule has 1 aromatic carbocycles. The average molecular weight is 277 g/mol. The second-order valence-electron chi connectivity index (χ2n) is 4.34. The van der Waals surface area contributed by atoms with Crippen LogP contribution in [0.1, 0.15) is 18.4 Å². The number of nitrogens with one attached hydrogen (secondary N) is 1. The van der Waals surface area contributed by atoms with Gasteiger partial charge in [-0.3, -0.25) is 0 Å². The zero-order valence-corrected chi connectivity index (χ0v) is 10.3. The molecule has 2 rings (SSSR count). The van der Waals surface area contributed by atoms with Gasteiger partial charge < -0.3 is 5.11 Å². The summed E-state index contributed by atoms with van der Waals surface area (Å²) in [5, 5.41) is 8.87. The number of aliphatic hydroxyl groups excluding tert-OH is 1. The molecule has 0 radical (unpaired) electrons. The fourth-order valence-electron chi connectivity index (χ4n) is 1.53. The fourth-order valence-corrected chi connectivity index (χ4v) is 2.78. The average Bonchev–Trinajstić information content (AvgIpc) is 3.13. The third-order valence-electron chi connectivity index (χ3n) is 2.79. The Kier molecular flexibility index (Phi) is 3.65. The highest BCUT2D eigenvalue weighted by Gasteiger charge is 2.27. The van der Waals surface area contributed by atoms with Crippen molar-refractivity contribution in [3.05, 3.63) is 29.3 Å². The van der Waals surface area contributed by atoms with E-state index in [9.17, 15) is 17.2 Å². The normalized spacial score (nSPS) is 15.9. The molecule has 4 nitrogen and oxygen atoms in total. The first-order valence-electron chi connectivity index (χ1n) is 5.52. The van der Waals surface area contributed by atoms with Crippen molar-refractivity contribution in [3.8, 4) is 0 Å². The summed E-state index contributed by atoms with van der Waals surface area (Å²) < 4.78 is 52.5. The maximum absolute atomic E-state index is 13.5. The Bertz CT molecular complexity index is 556. The predicted octanol–water partition coefficient (Wildman–Crippen LogP) is 1.15. The Morgan fingerprint density at radius 1 is 1.33 bits per heavy atom. The van der Waals surface area contributed by atoms with E-state index >= 15 is 0 Å². The summed E-state index contributed by atoms with van der Waals surface area (Å²) in [6.45, 7) is -0.324. The molecule has 0 saturated heterocycles. The lowest BCUT2D eigenvalue weighted by Crippen LogP contribution is -2.27. The summed E-state index contributed by atoms with van der Waals surface area (Å²) in [6.07, 6.45) is 1.88. The zero-order valence-electron chi connectivity index (χ0n) is 9.49. The van der Waals surface area contributed by atoms with Gasteiger partial charge in [-0.15, -0.1) is 0 Å². The van der Waals surface area contributed by atoms with Gasteiger partial charge in [0.15, 0.2) is 11.6 Å². The van der Waals surface area contributed by atoms with Crippen molar-refractivity contribution in [2.24, 2.45) is 5.92 Å². The van der Waals surface area contributed by atoms with Gasteiger partial charge in [-0.05, 0) is 36.5 Å². The van der Waals surface area contributed by atoms with E-state index in [-0.39, 0.29) is 18.0 Å². The van der Waals surface area contributed by atoms with Gasteiger partial charge >= 0.3 is 0 Å². The van der Waals surface area contributed by atoms with Crippen molar-refractivity contribution >= 4 is 10.0 Å². The van der Waals surface area contributed by atoms with Gasteiger partial charge in [0.05, 0.1) is 6.61 Å². The van der Waals surface area contributed by atoms with E-state index in [1.165, 1.54) is 0 Å². The standard InChI is InChI=1S/C11H13F2NO3S/c12-9-3-8(6-15)4-10(11(9)13)18(16,17)14-5-7-1-2-7/h3-4,7,14-15H,1-2,5-6H2. The number of hydrogen-bond donors (Lipinski definition) is 2. The van der Waals surface area contributed by atoms with Crippen molar-refractivity contribution in [1.29, 1.82) is 0 Å². The molecule has 7 heteroatoms. The summed E-state index contributed by atoms with van der Waals surface area (Å²) in [6, 6.07) is 1.71. The van der Waals surface area contributed by atoms with Gasteiger partial charge in [-0.2, -0.15) is 0 Å². The molecule has 18 heavy (non-hydrogen) atoms. The first-order chi connectivity index (χ1) is 8.44. The molecule has 1 aliphatic carbocycles. The smallest absolute Gasteiger partial charge is 0.243 e. The lowest BCUT2D eigenvalue weighted by atomic mass is 10.2. The zero-order chi connectivity index (χ0) is 13.3. The van der Waals surface area contributed by atoms with Gasteiger partial charge in [0.25, 0.3) is 0 Å². The maximum atomic E-state index is 13.5. The molecule has 0 bridgehead atoms. The summed E-state index contributed by atoms with van der Waals surface area (Å²) in [5.74, 6) is -2.42. The van der Waals surface area contributed by atoms with Crippen molar-refractivity contribution in [1.82, 2.24) is 4.72 Å². The quantitative estimate of drug-likeness (QED) is 0.848. The fraction of sp³-hybridized carbons (Fsp3) is 0.455. The van der Waals surface area contributed by atoms with E-state index in [2.05, 4.69) is 4.72 Å². The Hall–Kier alpha value is -1.05. The van der Waals surface area contributed by atoms with Gasteiger partial charge in [-0.25, -0.2) is 21.9 Å². The number of aliphatic hydroxyl groups is 1.